The number of likely N-dealkylation sites (tertiary alicyclic amines) is 1. The zero-order valence-electron chi connectivity index (χ0n) is 9.39. The molecular formula is C13H20N2. The Bertz CT molecular complexity index is 297. The lowest BCUT2D eigenvalue weighted by Gasteiger charge is -2.15. The van der Waals surface area contributed by atoms with Crippen molar-refractivity contribution in [2.24, 2.45) is 17.6 Å². The molecule has 82 valence electrons. The highest BCUT2D eigenvalue weighted by Crippen LogP contribution is 2.23. The van der Waals surface area contributed by atoms with Crippen LogP contribution in [-0.4, -0.2) is 24.5 Å². The van der Waals surface area contributed by atoms with Gasteiger partial charge >= 0.3 is 0 Å². The van der Waals surface area contributed by atoms with Gasteiger partial charge in [0.1, 0.15) is 0 Å². The summed E-state index contributed by atoms with van der Waals surface area (Å²) in [5.41, 5.74) is 7.16. The van der Waals surface area contributed by atoms with Gasteiger partial charge in [-0.3, -0.25) is 4.90 Å². The van der Waals surface area contributed by atoms with Crippen molar-refractivity contribution >= 4 is 0 Å². The molecule has 1 fully saturated rings. The maximum absolute atomic E-state index is 5.75. The SMILES string of the molecule is C[C@H]1CN(Cc2ccccc2)C[C@@H]1CN. The third-order valence-corrected chi connectivity index (χ3v) is 3.40. The largest absolute Gasteiger partial charge is 0.330 e. The van der Waals surface area contributed by atoms with Crippen molar-refractivity contribution in [1.29, 1.82) is 0 Å². The molecule has 0 aromatic heterocycles. The van der Waals surface area contributed by atoms with Gasteiger partial charge in [-0.2, -0.15) is 0 Å². The first kappa shape index (κ1) is 10.7. The van der Waals surface area contributed by atoms with E-state index in [2.05, 4.69) is 42.2 Å². The molecule has 2 rings (SSSR count). The molecule has 0 spiro atoms. The quantitative estimate of drug-likeness (QED) is 0.812. The maximum Gasteiger partial charge on any atom is 0.0233 e. The van der Waals surface area contributed by atoms with Crippen LogP contribution >= 0.6 is 0 Å². The Morgan fingerprint density at radius 3 is 2.60 bits per heavy atom. The van der Waals surface area contributed by atoms with E-state index in [9.17, 15) is 0 Å². The van der Waals surface area contributed by atoms with Gasteiger partial charge < -0.3 is 5.73 Å². The Labute approximate surface area is 92.1 Å². The summed E-state index contributed by atoms with van der Waals surface area (Å²) in [4.78, 5) is 2.51. The Kier molecular flexibility index (Phi) is 3.39. The highest BCUT2D eigenvalue weighted by Gasteiger charge is 2.27. The highest BCUT2D eigenvalue weighted by atomic mass is 15.2. The molecule has 0 saturated carbocycles. The van der Waals surface area contributed by atoms with Crippen molar-refractivity contribution < 1.29 is 0 Å². The standard InChI is InChI=1S/C13H20N2/c1-11-8-15(10-13(11)7-14)9-12-5-3-2-4-6-12/h2-6,11,13H,7-10,14H2,1H3/t11-,13-/m0/s1. The van der Waals surface area contributed by atoms with E-state index in [-0.39, 0.29) is 0 Å². The minimum Gasteiger partial charge on any atom is -0.330 e. The molecule has 2 heteroatoms. The monoisotopic (exact) mass is 204 g/mol. The van der Waals surface area contributed by atoms with Crippen molar-refractivity contribution in [1.82, 2.24) is 4.90 Å². The summed E-state index contributed by atoms with van der Waals surface area (Å²) >= 11 is 0. The fourth-order valence-electron chi connectivity index (χ4n) is 2.42. The zero-order valence-corrected chi connectivity index (χ0v) is 9.39. The van der Waals surface area contributed by atoms with Crippen LogP contribution in [-0.2, 0) is 6.54 Å². The Hall–Kier alpha value is -0.860. The average Bonchev–Trinajstić information content (AvgIpc) is 2.60. The summed E-state index contributed by atoms with van der Waals surface area (Å²) in [6.07, 6.45) is 0. The van der Waals surface area contributed by atoms with E-state index in [0.717, 1.165) is 25.6 Å². The van der Waals surface area contributed by atoms with E-state index in [0.29, 0.717) is 5.92 Å². The highest BCUT2D eigenvalue weighted by molar-refractivity contribution is 5.14. The maximum atomic E-state index is 5.75. The number of benzene rings is 1. The molecule has 2 N–H and O–H groups in total. The summed E-state index contributed by atoms with van der Waals surface area (Å²) in [5.74, 6) is 1.44. The third kappa shape index (κ3) is 2.58. The van der Waals surface area contributed by atoms with E-state index in [1.54, 1.807) is 0 Å². The second kappa shape index (κ2) is 4.77. The zero-order chi connectivity index (χ0) is 10.7. The van der Waals surface area contributed by atoms with Gasteiger partial charge in [0.15, 0.2) is 0 Å². The summed E-state index contributed by atoms with van der Waals surface area (Å²) < 4.78 is 0. The fourth-order valence-corrected chi connectivity index (χ4v) is 2.42. The molecule has 0 amide bonds. The number of rotatable bonds is 3. The number of hydrogen-bond acceptors (Lipinski definition) is 2. The molecule has 1 saturated heterocycles. The topological polar surface area (TPSA) is 29.3 Å². The van der Waals surface area contributed by atoms with Gasteiger partial charge in [0.2, 0.25) is 0 Å². The second-order valence-electron chi connectivity index (χ2n) is 4.65. The lowest BCUT2D eigenvalue weighted by atomic mass is 9.99. The minimum absolute atomic E-state index is 0.689. The van der Waals surface area contributed by atoms with E-state index < -0.39 is 0 Å². The smallest absolute Gasteiger partial charge is 0.0233 e. The lowest BCUT2D eigenvalue weighted by molar-refractivity contribution is 0.315. The average molecular weight is 204 g/mol. The predicted octanol–water partition coefficient (Wildman–Crippen LogP) is 1.71. The van der Waals surface area contributed by atoms with E-state index in [4.69, 9.17) is 5.73 Å². The number of nitrogens with zero attached hydrogens (tertiary/aromatic N) is 1. The molecule has 0 unspecified atom stereocenters. The molecule has 1 heterocycles. The lowest BCUT2D eigenvalue weighted by Crippen LogP contribution is -2.23. The summed E-state index contributed by atoms with van der Waals surface area (Å²) in [6, 6.07) is 10.7. The summed E-state index contributed by atoms with van der Waals surface area (Å²) in [5, 5.41) is 0. The van der Waals surface area contributed by atoms with Crippen molar-refractivity contribution in [3.05, 3.63) is 35.9 Å². The molecule has 1 aliphatic rings. The van der Waals surface area contributed by atoms with Crippen LogP contribution in [0.15, 0.2) is 30.3 Å². The van der Waals surface area contributed by atoms with Crippen LogP contribution in [0.4, 0.5) is 0 Å². The van der Waals surface area contributed by atoms with E-state index >= 15 is 0 Å². The Morgan fingerprint density at radius 1 is 1.27 bits per heavy atom. The van der Waals surface area contributed by atoms with Crippen LogP contribution in [0.2, 0.25) is 0 Å². The number of nitrogens with two attached hydrogens (primary N) is 1. The van der Waals surface area contributed by atoms with Crippen LogP contribution in [0.1, 0.15) is 12.5 Å². The van der Waals surface area contributed by atoms with Crippen LogP contribution in [0.25, 0.3) is 0 Å². The van der Waals surface area contributed by atoms with Gasteiger partial charge in [-0.25, -0.2) is 0 Å². The molecule has 15 heavy (non-hydrogen) atoms. The van der Waals surface area contributed by atoms with Gasteiger partial charge in [-0.05, 0) is 23.9 Å². The predicted molar refractivity (Wildman–Crippen MR) is 63.4 cm³/mol. The first-order chi connectivity index (χ1) is 7.29. The van der Waals surface area contributed by atoms with Crippen LogP contribution < -0.4 is 5.73 Å². The first-order valence-corrected chi connectivity index (χ1v) is 5.76. The van der Waals surface area contributed by atoms with E-state index in [1.807, 2.05) is 0 Å². The molecule has 1 aliphatic heterocycles. The second-order valence-corrected chi connectivity index (χ2v) is 4.65. The molecule has 1 aromatic carbocycles. The van der Waals surface area contributed by atoms with Gasteiger partial charge in [-0.1, -0.05) is 37.3 Å². The fraction of sp³-hybridized carbons (Fsp3) is 0.538. The molecule has 0 aliphatic carbocycles. The first-order valence-electron chi connectivity index (χ1n) is 5.76. The van der Waals surface area contributed by atoms with Gasteiger partial charge in [0.25, 0.3) is 0 Å². The summed E-state index contributed by atoms with van der Waals surface area (Å²) in [7, 11) is 0. The van der Waals surface area contributed by atoms with Crippen molar-refractivity contribution in [2.75, 3.05) is 19.6 Å². The van der Waals surface area contributed by atoms with Crippen LogP contribution in [0.3, 0.4) is 0 Å². The third-order valence-electron chi connectivity index (χ3n) is 3.40. The van der Waals surface area contributed by atoms with Crippen LogP contribution in [0.5, 0.6) is 0 Å². The Morgan fingerprint density at radius 2 is 2.00 bits per heavy atom. The molecule has 2 nitrogen and oxygen atoms in total. The molecule has 2 atom stereocenters. The van der Waals surface area contributed by atoms with Crippen LogP contribution in [0, 0.1) is 11.8 Å². The molecular weight excluding hydrogens is 184 g/mol. The molecule has 0 bridgehead atoms. The van der Waals surface area contributed by atoms with Gasteiger partial charge in [-0.15, -0.1) is 0 Å². The van der Waals surface area contributed by atoms with E-state index in [1.165, 1.54) is 12.1 Å². The van der Waals surface area contributed by atoms with Crippen molar-refractivity contribution in [3.63, 3.8) is 0 Å². The van der Waals surface area contributed by atoms with Crippen molar-refractivity contribution in [2.45, 2.75) is 13.5 Å². The van der Waals surface area contributed by atoms with Gasteiger partial charge in [0, 0.05) is 19.6 Å². The molecule has 1 aromatic rings. The molecule has 0 radical (unpaired) electrons. The minimum atomic E-state index is 0.689. The summed E-state index contributed by atoms with van der Waals surface area (Å²) in [6.45, 7) is 6.56. The Balaban J connectivity index is 1.92. The number of hydrogen-bond donors (Lipinski definition) is 1. The van der Waals surface area contributed by atoms with Gasteiger partial charge in [0.05, 0.1) is 0 Å². The van der Waals surface area contributed by atoms with Crippen molar-refractivity contribution in [3.8, 4) is 0 Å². The normalized spacial score (nSPS) is 27.1.